The summed E-state index contributed by atoms with van der Waals surface area (Å²) in [7, 11) is 0. The largest absolute Gasteiger partial charge is 0.396 e. The molecule has 0 spiro atoms. The van der Waals surface area contributed by atoms with Gasteiger partial charge >= 0.3 is 6.03 Å². The molecule has 1 aliphatic rings. The highest BCUT2D eigenvalue weighted by molar-refractivity contribution is 5.89. The molecule has 2 amide bonds. The van der Waals surface area contributed by atoms with Crippen LogP contribution in [0.4, 0.5) is 10.5 Å². The number of rotatable bonds is 5. The van der Waals surface area contributed by atoms with Crippen molar-refractivity contribution >= 4 is 11.7 Å². The number of aliphatic hydroxyl groups is 1. The van der Waals surface area contributed by atoms with E-state index in [1.54, 1.807) is 0 Å². The van der Waals surface area contributed by atoms with Crippen molar-refractivity contribution in [2.75, 3.05) is 18.5 Å². The maximum absolute atomic E-state index is 11.7. The first-order valence-electron chi connectivity index (χ1n) is 6.36. The molecule has 0 atom stereocenters. The molecule has 0 heterocycles. The number of carbonyl (C=O) groups excluding carboxylic acids is 1. The van der Waals surface area contributed by atoms with Gasteiger partial charge in [0.2, 0.25) is 0 Å². The second kappa shape index (κ2) is 5.40. The molecular formula is C14H20N2O2. The summed E-state index contributed by atoms with van der Waals surface area (Å²) in [6, 6.07) is 7.53. The molecule has 0 saturated heterocycles. The fourth-order valence-electron chi connectivity index (χ4n) is 2.09. The Morgan fingerprint density at radius 2 is 2.22 bits per heavy atom. The van der Waals surface area contributed by atoms with Crippen LogP contribution in [-0.2, 0) is 0 Å². The van der Waals surface area contributed by atoms with Crippen LogP contribution in [0.15, 0.2) is 24.3 Å². The Hall–Kier alpha value is -1.55. The first kappa shape index (κ1) is 12.9. The van der Waals surface area contributed by atoms with Crippen LogP contribution in [0.5, 0.6) is 0 Å². The number of aryl methyl sites for hydroxylation is 1. The third-order valence-electron chi connectivity index (χ3n) is 3.50. The molecule has 3 N–H and O–H groups in total. The second-order valence-corrected chi connectivity index (χ2v) is 5.15. The highest BCUT2D eigenvalue weighted by Gasteiger charge is 2.41. The molecular weight excluding hydrogens is 228 g/mol. The summed E-state index contributed by atoms with van der Waals surface area (Å²) in [5, 5.41) is 14.6. The number of nitrogens with one attached hydrogen (secondary N) is 2. The third-order valence-corrected chi connectivity index (χ3v) is 3.50. The lowest BCUT2D eigenvalue weighted by Gasteiger charge is -2.15. The Labute approximate surface area is 107 Å². The monoisotopic (exact) mass is 248 g/mol. The molecule has 0 unspecified atom stereocenters. The van der Waals surface area contributed by atoms with Gasteiger partial charge in [0.25, 0.3) is 0 Å². The molecule has 1 fully saturated rings. The van der Waals surface area contributed by atoms with E-state index in [4.69, 9.17) is 5.11 Å². The first-order chi connectivity index (χ1) is 8.63. The predicted octanol–water partition coefficient (Wildman–Crippen LogP) is 2.28. The first-order valence-corrected chi connectivity index (χ1v) is 6.36. The molecule has 0 aromatic heterocycles. The van der Waals surface area contributed by atoms with Crippen molar-refractivity contribution in [2.24, 2.45) is 5.41 Å². The van der Waals surface area contributed by atoms with Crippen molar-refractivity contribution in [3.63, 3.8) is 0 Å². The minimum Gasteiger partial charge on any atom is -0.396 e. The van der Waals surface area contributed by atoms with Gasteiger partial charge in [-0.05, 0) is 49.3 Å². The zero-order valence-corrected chi connectivity index (χ0v) is 10.7. The lowest BCUT2D eigenvalue weighted by molar-refractivity contribution is 0.234. The molecule has 1 aromatic rings. The molecule has 0 bridgehead atoms. The van der Waals surface area contributed by atoms with Crippen molar-refractivity contribution in [2.45, 2.75) is 26.2 Å². The average molecular weight is 248 g/mol. The van der Waals surface area contributed by atoms with Gasteiger partial charge in [-0.15, -0.1) is 0 Å². The van der Waals surface area contributed by atoms with Crippen LogP contribution in [0.1, 0.15) is 24.8 Å². The fraction of sp³-hybridized carbons (Fsp3) is 0.500. The highest BCUT2D eigenvalue weighted by Crippen LogP contribution is 2.47. The van der Waals surface area contributed by atoms with Gasteiger partial charge in [0, 0.05) is 18.8 Å². The molecule has 1 aromatic carbocycles. The summed E-state index contributed by atoms with van der Waals surface area (Å²) in [6.45, 7) is 2.83. The summed E-state index contributed by atoms with van der Waals surface area (Å²) in [6.07, 6.45) is 2.97. The van der Waals surface area contributed by atoms with Crippen LogP contribution in [-0.4, -0.2) is 24.3 Å². The van der Waals surface area contributed by atoms with E-state index >= 15 is 0 Å². The third kappa shape index (κ3) is 3.47. The fourth-order valence-corrected chi connectivity index (χ4v) is 2.09. The number of benzene rings is 1. The number of anilines is 1. The smallest absolute Gasteiger partial charge is 0.319 e. The number of hydrogen-bond acceptors (Lipinski definition) is 2. The SMILES string of the molecule is Cc1cccc(NC(=O)NCC2(CCO)CC2)c1. The Bertz CT molecular complexity index is 428. The van der Waals surface area contributed by atoms with Crippen molar-refractivity contribution in [3.05, 3.63) is 29.8 Å². The van der Waals surface area contributed by atoms with E-state index in [1.165, 1.54) is 0 Å². The summed E-state index contributed by atoms with van der Waals surface area (Å²) in [5.74, 6) is 0. The van der Waals surface area contributed by atoms with Crippen molar-refractivity contribution in [1.82, 2.24) is 5.32 Å². The molecule has 18 heavy (non-hydrogen) atoms. The van der Waals surface area contributed by atoms with Gasteiger partial charge in [-0.3, -0.25) is 0 Å². The van der Waals surface area contributed by atoms with Gasteiger partial charge in [0.1, 0.15) is 0 Å². The van der Waals surface area contributed by atoms with Crippen LogP contribution in [0.3, 0.4) is 0 Å². The van der Waals surface area contributed by atoms with Gasteiger partial charge in [-0.2, -0.15) is 0 Å². The summed E-state index contributed by atoms with van der Waals surface area (Å²) in [4.78, 5) is 11.7. The summed E-state index contributed by atoms with van der Waals surface area (Å²) >= 11 is 0. The van der Waals surface area contributed by atoms with E-state index in [9.17, 15) is 4.79 Å². The number of hydrogen-bond donors (Lipinski definition) is 3. The minimum atomic E-state index is -0.176. The topological polar surface area (TPSA) is 61.4 Å². The van der Waals surface area contributed by atoms with Gasteiger partial charge < -0.3 is 15.7 Å². The van der Waals surface area contributed by atoms with Crippen LogP contribution in [0, 0.1) is 12.3 Å². The molecule has 1 saturated carbocycles. The van der Waals surface area contributed by atoms with E-state index in [2.05, 4.69) is 10.6 Å². The lowest BCUT2D eigenvalue weighted by Crippen LogP contribution is -2.34. The zero-order valence-electron chi connectivity index (χ0n) is 10.7. The minimum absolute atomic E-state index is 0.151. The lowest BCUT2D eigenvalue weighted by atomic mass is 10.0. The quantitative estimate of drug-likeness (QED) is 0.748. The highest BCUT2D eigenvalue weighted by atomic mass is 16.3. The molecule has 0 radical (unpaired) electrons. The van der Waals surface area contributed by atoms with Gasteiger partial charge in [0.15, 0.2) is 0 Å². The van der Waals surface area contributed by atoms with Gasteiger partial charge in [-0.1, -0.05) is 12.1 Å². The van der Waals surface area contributed by atoms with Crippen molar-refractivity contribution < 1.29 is 9.90 Å². The van der Waals surface area contributed by atoms with E-state index in [0.717, 1.165) is 30.5 Å². The molecule has 4 nitrogen and oxygen atoms in total. The number of aliphatic hydroxyl groups excluding tert-OH is 1. The van der Waals surface area contributed by atoms with Crippen molar-refractivity contribution in [1.29, 1.82) is 0 Å². The van der Waals surface area contributed by atoms with Crippen molar-refractivity contribution in [3.8, 4) is 0 Å². The Balaban J connectivity index is 1.79. The standard InChI is InChI=1S/C14H20N2O2/c1-11-3-2-4-12(9-11)16-13(18)15-10-14(5-6-14)7-8-17/h2-4,9,17H,5-8,10H2,1H3,(H2,15,16,18). The zero-order chi connectivity index (χ0) is 13.0. The van der Waals surface area contributed by atoms with Crippen LogP contribution in [0.25, 0.3) is 0 Å². The average Bonchev–Trinajstić information content (AvgIpc) is 3.08. The summed E-state index contributed by atoms with van der Waals surface area (Å²) in [5.41, 5.74) is 2.07. The van der Waals surface area contributed by atoms with Gasteiger partial charge in [0.05, 0.1) is 0 Å². The Morgan fingerprint density at radius 1 is 1.44 bits per heavy atom. The molecule has 1 aliphatic carbocycles. The Morgan fingerprint density at radius 3 is 2.83 bits per heavy atom. The van der Waals surface area contributed by atoms with E-state index < -0.39 is 0 Å². The van der Waals surface area contributed by atoms with E-state index in [-0.39, 0.29) is 18.1 Å². The van der Waals surface area contributed by atoms with Crippen LogP contribution in [0.2, 0.25) is 0 Å². The van der Waals surface area contributed by atoms with E-state index in [0.29, 0.717) is 6.54 Å². The molecule has 0 aliphatic heterocycles. The van der Waals surface area contributed by atoms with Crippen LogP contribution < -0.4 is 10.6 Å². The Kier molecular flexibility index (Phi) is 3.87. The number of carbonyl (C=O) groups is 1. The summed E-state index contributed by atoms with van der Waals surface area (Å²) < 4.78 is 0. The number of amides is 2. The van der Waals surface area contributed by atoms with Gasteiger partial charge in [-0.25, -0.2) is 4.79 Å². The molecule has 4 heteroatoms. The maximum atomic E-state index is 11.7. The number of urea groups is 1. The maximum Gasteiger partial charge on any atom is 0.319 e. The normalized spacial score (nSPS) is 16.1. The van der Waals surface area contributed by atoms with Crippen LogP contribution >= 0.6 is 0 Å². The molecule has 2 rings (SSSR count). The second-order valence-electron chi connectivity index (χ2n) is 5.15. The molecule has 98 valence electrons. The predicted molar refractivity (Wildman–Crippen MR) is 71.6 cm³/mol. The van der Waals surface area contributed by atoms with E-state index in [1.807, 2.05) is 31.2 Å².